The highest BCUT2D eigenvalue weighted by Crippen LogP contribution is 2.27. The van der Waals surface area contributed by atoms with Gasteiger partial charge in [0.15, 0.2) is 0 Å². The van der Waals surface area contributed by atoms with Gasteiger partial charge in [0.1, 0.15) is 11.7 Å². The molecule has 1 aromatic carbocycles. The molecule has 2 aliphatic rings. The zero-order valence-corrected chi connectivity index (χ0v) is 14.2. The highest BCUT2D eigenvalue weighted by Gasteiger charge is 2.38. The van der Waals surface area contributed by atoms with E-state index in [1.165, 1.54) is 0 Å². The molecule has 3 heterocycles. The van der Waals surface area contributed by atoms with Crippen LogP contribution in [0.5, 0.6) is 0 Å². The van der Waals surface area contributed by atoms with Gasteiger partial charge in [-0.25, -0.2) is 0 Å². The summed E-state index contributed by atoms with van der Waals surface area (Å²) in [5.41, 5.74) is 0.440. The van der Waals surface area contributed by atoms with E-state index < -0.39 is 0 Å². The van der Waals surface area contributed by atoms with Gasteiger partial charge in [-0.3, -0.25) is 14.6 Å². The Morgan fingerprint density at radius 3 is 2.75 bits per heavy atom. The smallest absolute Gasteiger partial charge is 0.274 e. The topological polar surface area (TPSA) is 53.5 Å². The molecule has 1 aromatic heterocycles. The molecule has 4 rings (SSSR count). The van der Waals surface area contributed by atoms with Gasteiger partial charge in [0.2, 0.25) is 5.91 Å². The van der Waals surface area contributed by atoms with Crippen molar-refractivity contribution in [2.24, 2.45) is 0 Å². The summed E-state index contributed by atoms with van der Waals surface area (Å²) >= 11 is 1.64. The van der Waals surface area contributed by atoms with Gasteiger partial charge in [-0.1, -0.05) is 24.3 Å². The predicted molar refractivity (Wildman–Crippen MR) is 94.8 cm³/mol. The Bertz CT molecular complexity index is 783. The summed E-state index contributed by atoms with van der Waals surface area (Å²) < 4.78 is 0. The zero-order chi connectivity index (χ0) is 16.5. The lowest BCUT2D eigenvalue weighted by Crippen LogP contribution is -2.48. The van der Waals surface area contributed by atoms with Crippen molar-refractivity contribution in [3.8, 4) is 0 Å². The van der Waals surface area contributed by atoms with Crippen molar-refractivity contribution in [2.75, 3.05) is 24.7 Å². The molecule has 2 saturated heterocycles. The number of nitrogens with zero attached hydrogens (tertiary/aromatic N) is 3. The third kappa shape index (κ3) is 2.65. The zero-order valence-electron chi connectivity index (χ0n) is 13.4. The van der Waals surface area contributed by atoms with Crippen LogP contribution in [0.4, 0.5) is 0 Å². The Morgan fingerprint density at radius 1 is 1.12 bits per heavy atom. The van der Waals surface area contributed by atoms with E-state index in [-0.39, 0.29) is 17.9 Å². The van der Waals surface area contributed by atoms with E-state index in [1.54, 1.807) is 22.9 Å². The average molecular weight is 341 g/mol. The fourth-order valence-electron chi connectivity index (χ4n) is 3.42. The second-order valence-corrected chi connectivity index (χ2v) is 7.20. The number of rotatable bonds is 2. The van der Waals surface area contributed by atoms with Gasteiger partial charge in [-0.05, 0) is 24.3 Å². The van der Waals surface area contributed by atoms with E-state index in [4.69, 9.17) is 0 Å². The molecule has 1 atom stereocenters. The second-order valence-electron chi connectivity index (χ2n) is 6.20. The number of aromatic nitrogens is 1. The molecule has 6 heteroatoms. The van der Waals surface area contributed by atoms with E-state index >= 15 is 0 Å². The number of carbonyl (C=O) groups is 2. The normalized spacial score (nSPS) is 20.8. The summed E-state index contributed by atoms with van der Waals surface area (Å²) in [4.78, 5) is 33.7. The molecule has 0 saturated carbocycles. The minimum absolute atomic E-state index is 0.0890. The Labute approximate surface area is 145 Å². The van der Waals surface area contributed by atoms with E-state index in [0.29, 0.717) is 17.3 Å². The van der Waals surface area contributed by atoms with Crippen LogP contribution in [-0.2, 0) is 4.79 Å². The number of thioether (sulfide) groups is 1. The first-order chi connectivity index (χ1) is 11.8. The summed E-state index contributed by atoms with van der Waals surface area (Å²) in [5, 5.41) is 1.83. The van der Waals surface area contributed by atoms with E-state index in [2.05, 4.69) is 4.98 Å². The molecule has 2 aliphatic heterocycles. The molecule has 0 spiro atoms. The van der Waals surface area contributed by atoms with Gasteiger partial charge < -0.3 is 9.80 Å². The van der Waals surface area contributed by atoms with Crippen LogP contribution in [0.2, 0.25) is 0 Å². The van der Waals surface area contributed by atoms with Crippen molar-refractivity contribution in [1.29, 1.82) is 0 Å². The molecule has 0 aliphatic carbocycles. The maximum atomic E-state index is 13.1. The van der Waals surface area contributed by atoms with Crippen LogP contribution in [0, 0.1) is 0 Å². The van der Waals surface area contributed by atoms with E-state index in [1.807, 2.05) is 35.2 Å². The number of hydrogen-bond acceptors (Lipinski definition) is 4. The molecular weight excluding hydrogens is 322 g/mol. The average Bonchev–Trinajstić information content (AvgIpc) is 3.31. The number of pyridine rings is 1. The number of amides is 2. The first kappa shape index (κ1) is 15.4. The van der Waals surface area contributed by atoms with E-state index in [0.717, 1.165) is 36.7 Å². The summed E-state index contributed by atoms with van der Waals surface area (Å²) in [6, 6.07) is 9.28. The molecule has 124 valence electrons. The molecule has 0 unspecified atom stereocenters. The maximum absolute atomic E-state index is 13.1. The fraction of sp³-hybridized carbons (Fsp3) is 0.389. The van der Waals surface area contributed by atoms with Crippen molar-refractivity contribution in [2.45, 2.75) is 18.9 Å². The number of carbonyl (C=O) groups excluding carboxylic acids is 2. The second kappa shape index (κ2) is 6.43. The summed E-state index contributed by atoms with van der Waals surface area (Å²) in [7, 11) is 0. The molecule has 0 bridgehead atoms. The summed E-state index contributed by atoms with van der Waals surface area (Å²) in [5.74, 6) is 1.17. The first-order valence-corrected chi connectivity index (χ1v) is 9.42. The van der Waals surface area contributed by atoms with Gasteiger partial charge >= 0.3 is 0 Å². The monoisotopic (exact) mass is 341 g/mol. The molecule has 2 amide bonds. The molecular formula is C18H19N3O2S. The molecule has 24 heavy (non-hydrogen) atoms. The summed E-state index contributed by atoms with van der Waals surface area (Å²) in [6.45, 7) is 1.63. The van der Waals surface area contributed by atoms with Crippen LogP contribution < -0.4 is 0 Å². The van der Waals surface area contributed by atoms with Crippen molar-refractivity contribution in [3.63, 3.8) is 0 Å². The van der Waals surface area contributed by atoms with E-state index in [9.17, 15) is 9.59 Å². The number of benzene rings is 1. The van der Waals surface area contributed by atoms with Crippen LogP contribution in [0.25, 0.3) is 10.8 Å². The highest BCUT2D eigenvalue weighted by molar-refractivity contribution is 7.99. The molecule has 5 nitrogen and oxygen atoms in total. The molecule has 0 radical (unpaired) electrons. The lowest BCUT2D eigenvalue weighted by molar-refractivity contribution is -0.133. The fourth-order valence-corrected chi connectivity index (χ4v) is 4.57. The first-order valence-electron chi connectivity index (χ1n) is 8.27. The van der Waals surface area contributed by atoms with Crippen molar-refractivity contribution in [1.82, 2.24) is 14.8 Å². The predicted octanol–water partition coefficient (Wildman–Crippen LogP) is 2.37. The Balaban J connectivity index is 1.64. The molecule has 0 N–H and O–H groups in total. The van der Waals surface area contributed by atoms with Crippen LogP contribution in [0.15, 0.2) is 36.5 Å². The molecule has 2 fully saturated rings. The molecule has 2 aromatic rings. The summed E-state index contributed by atoms with van der Waals surface area (Å²) in [6.07, 6.45) is 3.78. The quantitative estimate of drug-likeness (QED) is 0.841. The lowest BCUT2D eigenvalue weighted by Gasteiger charge is -2.27. The minimum Gasteiger partial charge on any atom is -0.341 e. The third-order valence-corrected chi connectivity index (χ3v) is 5.73. The Morgan fingerprint density at radius 2 is 1.92 bits per heavy atom. The SMILES string of the molecule is O=C([C@H]1CSCN1C(=O)c1nccc2ccccc12)N1CCCC1. The maximum Gasteiger partial charge on any atom is 0.274 e. The Kier molecular flexibility index (Phi) is 4.14. The lowest BCUT2D eigenvalue weighted by atomic mass is 10.1. The Hall–Kier alpha value is -2.08. The number of likely N-dealkylation sites (tertiary alicyclic amines) is 1. The van der Waals surface area contributed by atoms with Crippen molar-refractivity contribution < 1.29 is 9.59 Å². The number of fused-ring (bicyclic) bond motifs is 1. The van der Waals surface area contributed by atoms with Crippen molar-refractivity contribution >= 4 is 34.3 Å². The van der Waals surface area contributed by atoms with Gasteiger partial charge in [0.25, 0.3) is 5.91 Å². The van der Waals surface area contributed by atoms with Crippen LogP contribution in [0.1, 0.15) is 23.3 Å². The largest absolute Gasteiger partial charge is 0.341 e. The standard InChI is InChI=1S/C18H19N3O2S/c22-17(20-9-3-4-10-20)15-11-24-12-21(15)18(23)16-14-6-2-1-5-13(14)7-8-19-16/h1-2,5-8,15H,3-4,9-12H2/t15-/m1/s1. The van der Waals surface area contributed by atoms with Crippen LogP contribution in [0.3, 0.4) is 0 Å². The van der Waals surface area contributed by atoms with Crippen LogP contribution in [-0.4, -0.2) is 57.4 Å². The van der Waals surface area contributed by atoms with Gasteiger partial charge in [0.05, 0.1) is 5.88 Å². The van der Waals surface area contributed by atoms with Gasteiger partial charge in [-0.15, -0.1) is 11.8 Å². The third-order valence-electron chi connectivity index (χ3n) is 4.72. The van der Waals surface area contributed by atoms with Crippen LogP contribution >= 0.6 is 11.8 Å². The minimum atomic E-state index is -0.360. The van der Waals surface area contributed by atoms with Crippen molar-refractivity contribution in [3.05, 3.63) is 42.2 Å². The highest BCUT2D eigenvalue weighted by atomic mass is 32.2. The number of hydrogen-bond donors (Lipinski definition) is 0. The van der Waals surface area contributed by atoms with Gasteiger partial charge in [-0.2, -0.15) is 0 Å². The van der Waals surface area contributed by atoms with Gasteiger partial charge in [0, 0.05) is 30.4 Å².